The maximum atomic E-state index is 12.9. The Morgan fingerprint density at radius 2 is 1.45 bits per heavy atom. The number of hydrogen-bond donors (Lipinski definition) is 3. The van der Waals surface area contributed by atoms with Gasteiger partial charge in [-0.15, -0.1) is 0 Å². The largest absolute Gasteiger partial charge is 0.480 e. The van der Waals surface area contributed by atoms with E-state index in [0.717, 1.165) is 18.4 Å². The SMILES string of the molecule is C[C@@H](OCc1ccccc1)[C@H](NC(=O)C1CCC(CNC(=O)OCC2c3ccccc3-c3ccccc32)CC1)C(=O)O. The molecule has 0 radical (unpaired) electrons. The molecule has 42 heavy (non-hydrogen) atoms. The number of fused-ring (bicyclic) bond motifs is 3. The molecular weight excluding hydrogens is 532 g/mol. The van der Waals surface area contributed by atoms with E-state index >= 15 is 0 Å². The van der Waals surface area contributed by atoms with Gasteiger partial charge in [0.05, 0.1) is 12.7 Å². The summed E-state index contributed by atoms with van der Waals surface area (Å²) in [6, 6.07) is 24.8. The number of carbonyl (C=O) groups is 3. The van der Waals surface area contributed by atoms with Crippen LogP contribution in [0.15, 0.2) is 78.9 Å². The maximum Gasteiger partial charge on any atom is 0.407 e. The molecule has 5 rings (SSSR count). The van der Waals surface area contributed by atoms with E-state index in [2.05, 4.69) is 34.9 Å². The number of rotatable bonds is 11. The summed E-state index contributed by atoms with van der Waals surface area (Å²) in [5.41, 5.74) is 5.65. The summed E-state index contributed by atoms with van der Waals surface area (Å²) in [4.78, 5) is 37.4. The first kappa shape index (κ1) is 29.3. The molecule has 0 aromatic heterocycles. The van der Waals surface area contributed by atoms with Crippen molar-refractivity contribution in [1.82, 2.24) is 10.6 Å². The van der Waals surface area contributed by atoms with Crippen LogP contribution in [0.4, 0.5) is 4.79 Å². The lowest BCUT2D eigenvalue weighted by Crippen LogP contribution is -2.50. The van der Waals surface area contributed by atoms with Crippen molar-refractivity contribution in [3.8, 4) is 11.1 Å². The standard InChI is InChI=1S/C34H38N2O6/c1-22(41-20-24-9-3-2-4-10-24)31(33(38)39)36-32(37)25-17-15-23(16-18-25)19-35-34(40)42-21-30-28-13-7-5-11-26(28)27-12-6-8-14-29(27)30/h2-14,22-23,25,30-31H,15-21H2,1H3,(H,35,40)(H,36,37)(H,38,39)/t22-,23?,25?,31+/m1/s1. The quantitative estimate of drug-likeness (QED) is 0.280. The molecule has 1 fully saturated rings. The second-order valence-electron chi connectivity index (χ2n) is 11.3. The van der Waals surface area contributed by atoms with Crippen molar-refractivity contribution in [2.24, 2.45) is 11.8 Å². The van der Waals surface area contributed by atoms with Crippen LogP contribution in [0.2, 0.25) is 0 Å². The first-order valence-electron chi connectivity index (χ1n) is 14.7. The molecule has 220 valence electrons. The minimum Gasteiger partial charge on any atom is -0.480 e. The van der Waals surface area contributed by atoms with Crippen LogP contribution in [0.3, 0.4) is 0 Å². The number of carboxylic acid groups (broad SMARTS) is 1. The Bertz CT molecular complexity index is 1340. The average molecular weight is 571 g/mol. The van der Waals surface area contributed by atoms with E-state index in [4.69, 9.17) is 9.47 Å². The monoisotopic (exact) mass is 570 g/mol. The fourth-order valence-electron chi connectivity index (χ4n) is 6.05. The fraction of sp³-hybridized carbons (Fsp3) is 0.382. The van der Waals surface area contributed by atoms with Crippen LogP contribution >= 0.6 is 0 Å². The van der Waals surface area contributed by atoms with E-state index in [1.807, 2.05) is 54.6 Å². The summed E-state index contributed by atoms with van der Waals surface area (Å²) < 4.78 is 11.4. The molecule has 8 nitrogen and oxygen atoms in total. The molecule has 2 aliphatic carbocycles. The Balaban J connectivity index is 1.04. The van der Waals surface area contributed by atoms with Gasteiger partial charge >= 0.3 is 12.1 Å². The number of amides is 2. The van der Waals surface area contributed by atoms with Crippen molar-refractivity contribution in [2.75, 3.05) is 13.2 Å². The first-order valence-corrected chi connectivity index (χ1v) is 14.7. The second kappa shape index (κ2) is 13.7. The Hall–Kier alpha value is -4.17. The van der Waals surface area contributed by atoms with Gasteiger partial charge in [-0.2, -0.15) is 0 Å². The van der Waals surface area contributed by atoms with Gasteiger partial charge < -0.3 is 25.2 Å². The molecule has 3 aromatic carbocycles. The van der Waals surface area contributed by atoms with Crippen LogP contribution in [0.25, 0.3) is 11.1 Å². The molecule has 0 saturated heterocycles. The Morgan fingerprint density at radius 1 is 0.857 bits per heavy atom. The highest BCUT2D eigenvalue weighted by Gasteiger charge is 2.33. The summed E-state index contributed by atoms with van der Waals surface area (Å²) in [5, 5.41) is 15.3. The highest BCUT2D eigenvalue weighted by molar-refractivity contribution is 5.85. The average Bonchev–Trinajstić information content (AvgIpc) is 3.34. The van der Waals surface area contributed by atoms with Gasteiger partial charge in [0.2, 0.25) is 5.91 Å². The van der Waals surface area contributed by atoms with Crippen molar-refractivity contribution >= 4 is 18.0 Å². The van der Waals surface area contributed by atoms with Gasteiger partial charge in [-0.3, -0.25) is 4.79 Å². The van der Waals surface area contributed by atoms with Crippen LogP contribution < -0.4 is 10.6 Å². The predicted octanol–water partition coefficient (Wildman–Crippen LogP) is 5.51. The minimum atomic E-state index is -1.13. The molecule has 8 heteroatoms. The van der Waals surface area contributed by atoms with Crippen LogP contribution in [-0.2, 0) is 25.7 Å². The zero-order chi connectivity index (χ0) is 29.5. The zero-order valence-corrected chi connectivity index (χ0v) is 23.8. The highest BCUT2D eigenvalue weighted by atomic mass is 16.5. The van der Waals surface area contributed by atoms with Gasteiger partial charge in [0.1, 0.15) is 6.61 Å². The van der Waals surface area contributed by atoms with E-state index < -0.39 is 24.2 Å². The molecule has 0 bridgehead atoms. The van der Waals surface area contributed by atoms with E-state index in [0.29, 0.717) is 19.4 Å². The molecule has 1 saturated carbocycles. The van der Waals surface area contributed by atoms with Crippen molar-refractivity contribution in [3.05, 3.63) is 95.6 Å². The third kappa shape index (κ3) is 6.99. The Kier molecular flexibility index (Phi) is 9.54. The lowest BCUT2D eigenvalue weighted by molar-refractivity contribution is -0.147. The van der Waals surface area contributed by atoms with Gasteiger partial charge in [-0.1, -0.05) is 78.9 Å². The van der Waals surface area contributed by atoms with Crippen LogP contribution in [0.5, 0.6) is 0 Å². The molecule has 0 unspecified atom stereocenters. The number of aliphatic carboxylic acids is 1. The van der Waals surface area contributed by atoms with Gasteiger partial charge in [0.25, 0.3) is 0 Å². The van der Waals surface area contributed by atoms with E-state index in [1.54, 1.807) is 6.92 Å². The molecule has 0 aliphatic heterocycles. The van der Waals surface area contributed by atoms with Crippen LogP contribution in [0, 0.1) is 11.8 Å². The van der Waals surface area contributed by atoms with Crippen molar-refractivity contribution in [2.45, 2.75) is 57.3 Å². The normalized spacial score (nSPS) is 19.2. The summed E-state index contributed by atoms with van der Waals surface area (Å²) >= 11 is 0. The van der Waals surface area contributed by atoms with E-state index in [1.165, 1.54) is 22.3 Å². The Labute approximate surface area is 246 Å². The minimum absolute atomic E-state index is 0.0122. The van der Waals surface area contributed by atoms with Crippen LogP contribution in [0.1, 0.15) is 55.2 Å². The molecule has 0 heterocycles. The van der Waals surface area contributed by atoms with Crippen molar-refractivity contribution in [3.63, 3.8) is 0 Å². The number of benzene rings is 3. The highest BCUT2D eigenvalue weighted by Crippen LogP contribution is 2.44. The Morgan fingerprint density at radius 3 is 2.07 bits per heavy atom. The van der Waals surface area contributed by atoms with Crippen molar-refractivity contribution < 1.29 is 29.0 Å². The summed E-state index contributed by atoms with van der Waals surface area (Å²) in [7, 11) is 0. The third-order valence-corrected chi connectivity index (χ3v) is 8.49. The lowest BCUT2D eigenvalue weighted by Gasteiger charge is -2.29. The smallest absolute Gasteiger partial charge is 0.407 e. The molecule has 3 N–H and O–H groups in total. The predicted molar refractivity (Wildman–Crippen MR) is 159 cm³/mol. The fourth-order valence-corrected chi connectivity index (χ4v) is 6.05. The maximum absolute atomic E-state index is 12.9. The number of nitrogens with one attached hydrogen (secondary N) is 2. The van der Waals surface area contributed by atoms with E-state index in [-0.39, 0.29) is 36.9 Å². The summed E-state index contributed by atoms with van der Waals surface area (Å²) in [6.45, 7) is 2.68. The van der Waals surface area contributed by atoms with Crippen LogP contribution in [-0.4, -0.2) is 48.4 Å². The number of carbonyl (C=O) groups excluding carboxylic acids is 2. The summed E-state index contributed by atoms with van der Waals surface area (Å²) in [6.07, 6.45) is 1.66. The summed E-state index contributed by atoms with van der Waals surface area (Å²) in [5.74, 6) is -1.40. The molecule has 2 amide bonds. The van der Waals surface area contributed by atoms with Gasteiger partial charge in [-0.05, 0) is 66.3 Å². The molecule has 2 aliphatic rings. The number of hydrogen-bond acceptors (Lipinski definition) is 5. The molecule has 0 spiro atoms. The lowest BCUT2D eigenvalue weighted by atomic mass is 9.81. The van der Waals surface area contributed by atoms with Gasteiger partial charge in [0.15, 0.2) is 6.04 Å². The van der Waals surface area contributed by atoms with Gasteiger partial charge in [-0.25, -0.2) is 9.59 Å². The molecule has 3 aromatic rings. The number of carboxylic acids is 1. The van der Waals surface area contributed by atoms with Gasteiger partial charge in [0, 0.05) is 18.4 Å². The first-order chi connectivity index (χ1) is 20.4. The zero-order valence-electron chi connectivity index (χ0n) is 23.8. The number of alkyl carbamates (subject to hydrolysis) is 1. The second-order valence-corrected chi connectivity index (χ2v) is 11.3. The third-order valence-electron chi connectivity index (χ3n) is 8.49. The van der Waals surface area contributed by atoms with Crippen molar-refractivity contribution in [1.29, 1.82) is 0 Å². The topological polar surface area (TPSA) is 114 Å². The molecule has 2 atom stereocenters. The number of ether oxygens (including phenoxy) is 2. The molecular formula is C34H38N2O6. The van der Waals surface area contributed by atoms with E-state index in [9.17, 15) is 19.5 Å².